The Bertz CT molecular complexity index is 682. The van der Waals surface area contributed by atoms with Crippen molar-refractivity contribution < 1.29 is 18.7 Å². The smallest absolute Gasteiger partial charge is 0.223 e. The SMILES string of the molecule is CC(C)(C)[Si](C)(C)O[C@H](C=C[C@H]1CCC(=O)N1CCO)Cc1ccc(F)cc1. The molecular weight excluding hydrogens is 373 g/mol. The van der Waals surface area contributed by atoms with Crippen molar-refractivity contribution in [3.05, 3.63) is 47.8 Å². The Morgan fingerprint density at radius 1 is 1.32 bits per heavy atom. The number of rotatable bonds is 8. The van der Waals surface area contributed by atoms with Crippen molar-refractivity contribution in [1.29, 1.82) is 0 Å². The number of carbonyl (C=O) groups excluding carboxylic acids is 1. The van der Waals surface area contributed by atoms with E-state index in [0.29, 0.717) is 19.4 Å². The molecule has 1 aliphatic heterocycles. The van der Waals surface area contributed by atoms with E-state index in [0.717, 1.165) is 12.0 Å². The molecule has 28 heavy (non-hydrogen) atoms. The van der Waals surface area contributed by atoms with Crippen LogP contribution >= 0.6 is 0 Å². The van der Waals surface area contributed by atoms with Crippen molar-refractivity contribution in [3.8, 4) is 0 Å². The molecule has 1 saturated heterocycles. The summed E-state index contributed by atoms with van der Waals surface area (Å²) in [5.41, 5.74) is 1.02. The summed E-state index contributed by atoms with van der Waals surface area (Å²) in [6.07, 6.45) is 5.89. The van der Waals surface area contributed by atoms with Gasteiger partial charge in [-0.05, 0) is 42.2 Å². The summed E-state index contributed by atoms with van der Waals surface area (Å²) in [5.74, 6) is -0.158. The highest BCUT2D eigenvalue weighted by molar-refractivity contribution is 6.74. The average Bonchev–Trinajstić information content (AvgIpc) is 2.94. The van der Waals surface area contributed by atoms with Gasteiger partial charge >= 0.3 is 0 Å². The molecule has 2 rings (SSSR count). The minimum absolute atomic E-state index is 0.00150. The fraction of sp³-hybridized carbons (Fsp3) is 0.591. The number of β-amino-alcohol motifs (C(OH)–C–C–N with tert-alkyl or cyclic N) is 1. The summed E-state index contributed by atoms with van der Waals surface area (Å²) in [5, 5.41) is 9.31. The van der Waals surface area contributed by atoms with Crippen LogP contribution in [0.3, 0.4) is 0 Å². The predicted molar refractivity (Wildman–Crippen MR) is 113 cm³/mol. The van der Waals surface area contributed by atoms with E-state index in [1.807, 2.05) is 6.08 Å². The van der Waals surface area contributed by atoms with Crippen LogP contribution in [0.15, 0.2) is 36.4 Å². The Kier molecular flexibility index (Phi) is 7.59. The standard InChI is InChI=1S/C22H34FNO3Si/c1-22(2,3)28(4,5)27-20(16-17-6-8-18(23)9-7-17)12-10-19-11-13-21(26)24(19)14-15-25/h6-10,12,19-20,25H,11,13-16H2,1-5H3/t19-,20+/m0/s1. The van der Waals surface area contributed by atoms with Gasteiger partial charge in [0.2, 0.25) is 5.91 Å². The van der Waals surface area contributed by atoms with Gasteiger partial charge in [0.15, 0.2) is 8.32 Å². The zero-order valence-electron chi connectivity index (χ0n) is 17.7. The first kappa shape index (κ1) is 22.8. The Balaban J connectivity index is 2.19. The molecule has 1 heterocycles. The first-order chi connectivity index (χ1) is 13.0. The third-order valence-corrected chi connectivity index (χ3v) is 10.4. The molecule has 0 saturated carbocycles. The summed E-state index contributed by atoms with van der Waals surface area (Å²) in [7, 11) is -2.00. The molecule has 2 atom stereocenters. The minimum atomic E-state index is -2.00. The molecule has 1 amide bonds. The van der Waals surface area contributed by atoms with E-state index in [2.05, 4.69) is 39.9 Å². The van der Waals surface area contributed by atoms with Gasteiger partial charge in [-0.1, -0.05) is 45.1 Å². The molecule has 4 nitrogen and oxygen atoms in total. The van der Waals surface area contributed by atoms with Gasteiger partial charge in [-0.15, -0.1) is 0 Å². The molecule has 0 unspecified atom stereocenters. The molecule has 6 heteroatoms. The molecule has 0 bridgehead atoms. The molecule has 0 aliphatic carbocycles. The van der Waals surface area contributed by atoms with E-state index in [1.165, 1.54) is 12.1 Å². The molecule has 1 N–H and O–H groups in total. The highest BCUT2D eigenvalue weighted by atomic mass is 28.4. The van der Waals surface area contributed by atoms with Crippen molar-refractivity contribution in [3.63, 3.8) is 0 Å². The number of halogens is 1. The van der Waals surface area contributed by atoms with Crippen LogP contribution in [-0.2, 0) is 15.6 Å². The molecular formula is C22H34FNO3Si. The number of carbonyl (C=O) groups is 1. The Labute approximate surface area is 169 Å². The number of amides is 1. The molecule has 0 radical (unpaired) electrons. The monoisotopic (exact) mass is 407 g/mol. The molecule has 1 aromatic carbocycles. The third-order valence-electron chi connectivity index (χ3n) is 5.87. The van der Waals surface area contributed by atoms with Gasteiger partial charge < -0.3 is 14.4 Å². The summed E-state index contributed by atoms with van der Waals surface area (Å²) < 4.78 is 19.9. The van der Waals surface area contributed by atoms with Crippen molar-refractivity contribution >= 4 is 14.2 Å². The van der Waals surface area contributed by atoms with Crippen LogP contribution in [0.4, 0.5) is 4.39 Å². The average molecular weight is 408 g/mol. The highest BCUT2D eigenvalue weighted by Gasteiger charge is 2.39. The summed E-state index contributed by atoms with van der Waals surface area (Å²) in [4.78, 5) is 13.8. The summed E-state index contributed by atoms with van der Waals surface area (Å²) in [6, 6.07) is 6.53. The second-order valence-electron chi connectivity index (χ2n) is 9.05. The number of hydrogen-bond acceptors (Lipinski definition) is 3. The lowest BCUT2D eigenvalue weighted by Crippen LogP contribution is -2.44. The number of aliphatic hydroxyl groups is 1. The van der Waals surface area contributed by atoms with Gasteiger partial charge in [0, 0.05) is 19.4 Å². The lowest BCUT2D eigenvalue weighted by molar-refractivity contribution is -0.128. The number of benzene rings is 1. The van der Waals surface area contributed by atoms with Crippen LogP contribution in [0.2, 0.25) is 18.1 Å². The fourth-order valence-electron chi connectivity index (χ4n) is 3.16. The van der Waals surface area contributed by atoms with E-state index in [-0.39, 0.29) is 35.5 Å². The van der Waals surface area contributed by atoms with Crippen LogP contribution in [0.1, 0.15) is 39.2 Å². The van der Waals surface area contributed by atoms with Gasteiger partial charge in [0.1, 0.15) is 5.82 Å². The molecule has 1 aliphatic rings. The normalized spacial score (nSPS) is 19.6. The maximum Gasteiger partial charge on any atom is 0.223 e. The van der Waals surface area contributed by atoms with Gasteiger partial charge in [-0.2, -0.15) is 0 Å². The Morgan fingerprint density at radius 3 is 2.54 bits per heavy atom. The number of hydrogen-bond donors (Lipinski definition) is 1. The lowest BCUT2D eigenvalue weighted by atomic mass is 10.1. The van der Waals surface area contributed by atoms with Crippen molar-refractivity contribution in [2.24, 2.45) is 0 Å². The van der Waals surface area contributed by atoms with Crippen molar-refractivity contribution in [1.82, 2.24) is 4.90 Å². The topological polar surface area (TPSA) is 49.8 Å². The maximum atomic E-state index is 13.3. The van der Waals surface area contributed by atoms with Gasteiger partial charge in [-0.25, -0.2) is 4.39 Å². The third kappa shape index (κ3) is 6.00. The highest BCUT2D eigenvalue weighted by Crippen LogP contribution is 2.38. The van der Waals surface area contributed by atoms with Crippen LogP contribution < -0.4 is 0 Å². The van der Waals surface area contributed by atoms with Crippen LogP contribution in [-0.4, -0.2) is 49.5 Å². The van der Waals surface area contributed by atoms with Crippen LogP contribution in [0.5, 0.6) is 0 Å². The molecule has 0 aromatic heterocycles. The van der Waals surface area contributed by atoms with Crippen LogP contribution in [0, 0.1) is 5.82 Å². The summed E-state index contributed by atoms with van der Waals surface area (Å²) >= 11 is 0. The number of aliphatic hydroxyl groups excluding tert-OH is 1. The maximum absolute atomic E-state index is 13.3. The second kappa shape index (κ2) is 9.33. The van der Waals surface area contributed by atoms with E-state index in [1.54, 1.807) is 17.0 Å². The van der Waals surface area contributed by atoms with Gasteiger partial charge in [0.25, 0.3) is 0 Å². The van der Waals surface area contributed by atoms with E-state index in [9.17, 15) is 14.3 Å². The predicted octanol–water partition coefficient (Wildman–Crippen LogP) is 4.30. The fourth-order valence-corrected chi connectivity index (χ4v) is 4.44. The molecule has 0 spiro atoms. The number of likely N-dealkylation sites (tertiary alicyclic amines) is 1. The molecule has 156 valence electrons. The van der Waals surface area contributed by atoms with E-state index < -0.39 is 8.32 Å². The second-order valence-corrected chi connectivity index (χ2v) is 13.8. The van der Waals surface area contributed by atoms with Crippen molar-refractivity contribution in [2.45, 2.75) is 70.3 Å². The Hall–Kier alpha value is -1.50. The number of nitrogens with zero attached hydrogens (tertiary/aromatic N) is 1. The van der Waals surface area contributed by atoms with Crippen LogP contribution in [0.25, 0.3) is 0 Å². The van der Waals surface area contributed by atoms with Crippen molar-refractivity contribution in [2.75, 3.05) is 13.2 Å². The molecule has 1 fully saturated rings. The van der Waals surface area contributed by atoms with Gasteiger partial charge in [0.05, 0.1) is 18.8 Å². The quantitative estimate of drug-likeness (QED) is 0.516. The van der Waals surface area contributed by atoms with E-state index in [4.69, 9.17) is 4.43 Å². The lowest BCUT2D eigenvalue weighted by Gasteiger charge is -2.39. The largest absolute Gasteiger partial charge is 0.410 e. The van der Waals surface area contributed by atoms with Gasteiger partial charge in [-0.3, -0.25) is 4.79 Å². The zero-order valence-corrected chi connectivity index (χ0v) is 18.7. The zero-order chi connectivity index (χ0) is 20.9. The molecule has 1 aromatic rings. The summed E-state index contributed by atoms with van der Waals surface area (Å²) in [6.45, 7) is 11.4. The first-order valence-electron chi connectivity index (χ1n) is 10.0. The Morgan fingerprint density at radius 2 is 1.96 bits per heavy atom. The first-order valence-corrected chi connectivity index (χ1v) is 13.0. The minimum Gasteiger partial charge on any atom is -0.410 e. The van der Waals surface area contributed by atoms with E-state index >= 15 is 0 Å².